The Morgan fingerprint density at radius 1 is 1.22 bits per heavy atom. The fourth-order valence-electron chi connectivity index (χ4n) is 2.78. The quantitative estimate of drug-likeness (QED) is 0.755. The lowest BCUT2D eigenvalue weighted by Gasteiger charge is -2.23. The van der Waals surface area contributed by atoms with Gasteiger partial charge in [0.25, 0.3) is 0 Å². The number of carbonyl (C=O) groups excluding carboxylic acids is 1. The van der Waals surface area contributed by atoms with Crippen LogP contribution in [0.5, 0.6) is 0 Å². The smallest absolute Gasteiger partial charge is 0.234 e. The Labute approximate surface area is 111 Å². The normalized spacial score (nSPS) is 20.9. The lowest BCUT2D eigenvalue weighted by Crippen LogP contribution is -2.42. The summed E-state index contributed by atoms with van der Waals surface area (Å²) in [7, 11) is 0. The molecular formula is C15H28N2O. The highest BCUT2D eigenvalue weighted by molar-refractivity contribution is 5.78. The summed E-state index contributed by atoms with van der Waals surface area (Å²) < 4.78 is 0. The number of hydrogen-bond donors (Lipinski definition) is 1. The fraction of sp³-hybridized carbons (Fsp3) is 0.933. The van der Waals surface area contributed by atoms with Crippen molar-refractivity contribution < 1.29 is 4.79 Å². The van der Waals surface area contributed by atoms with Crippen LogP contribution in [-0.4, -0.2) is 36.0 Å². The topological polar surface area (TPSA) is 32.3 Å². The van der Waals surface area contributed by atoms with E-state index in [1.54, 1.807) is 0 Å². The van der Waals surface area contributed by atoms with E-state index in [2.05, 4.69) is 24.1 Å². The molecule has 2 fully saturated rings. The van der Waals surface area contributed by atoms with Gasteiger partial charge >= 0.3 is 0 Å². The van der Waals surface area contributed by atoms with E-state index in [0.717, 1.165) is 12.5 Å². The van der Waals surface area contributed by atoms with Crippen LogP contribution in [0.1, 0.15) is 58.8 Å². The first-order valence-corrected chi connectivity index (χ1v) is 7.68. The molecule has 1 N–H and O–H groups in total. The zero-order chi connectivity index (χ0) is 13.0. The summed E-state index contributed by atoms with van der Waals surface area (Å²) in [5.74, 6) is 0.974. The van der Waals surface area contributed by atoms with Crippen LogP contribution in [-0.2, 0) is 4.79 Å². The van der Waals surface area contributed by atoms with Crippen molar-refractivity contribution in [3.8, 4) is 0 Å². The largest absolute Gasteiger partial charge is 0.352 e. The van der Waals surface area contributed by atoms with E-state index >= 15 is 0 Å². The van der Waals surface area contributed by atoms with Crippen molar-refractivity contribution in [3.05, 3.63) is 0 Å². The predicted octanol–water partition coefficient (Wildman–Crippen LogP) is 2.56. The molecule has 0 heterocycles. The van der Waals surface area contributed by atoms with E-state index in [0.29, 0.717) is 18.6 Å². The van der Waals surface area contributed by atoms with Gasteiger partial charge in [-0.2, -0.15) is 0 Å². The predicted molar refractivity (Wildman–Crippen MR) is 74.4 cm³/mol. The Kier molecular flexibility index (Phi) is 5.04. The molecule has 0 aliphatic heterocycles. The minimum absolute atomic E-state index is 0.248. The molecule has 0 saturated heterocycles. The Hall–Kier alpha value is -0.570. The maximum absolute atomic E-state index is 12.0. The lowest BCUT2D eigenvalue weighted by atomic mass is 10.1. The van der Waals surface area contributed by atoms with E-state index in [1.165, 1.54) is 44.9 Å². The Morgan fingerprint density at radius 3 is 2.44 bits per heavy atom. The van der Waals surface area contributed by atoms with Crippen LogP contribution in [0, 0.1) is 5.92 Å². The van der Waals surface area contributed by atoms with Crippen molar-refractivity contribution in [1.82, 2.24) is 10.2 Å². The maximum Gasteiger partial charge on any atom is 0.234 e. The molecule has 0 unspecified atom stereocenters. The minimum Gasteiger partial charge on any atom is -0.352 e. The van der Waals surface area contributed by atoms with Crippen molar-refractivity contribution >= 4 is 5.91 Å². The molecule has 2 saturated carbocycles. The van der Waals surface area contributed by atoms with Crippen LogP contribution < -0.4 is 5.32 Å². The molecule has 3 heteroatoms. The van der Waals surface area contributed by atoms with Crippen molar-refractivity contribution in [2.24, 2.45) is 5.92 Å². The van der Waals surface area contributed by atoms with Crippen molar-refractivity contribution in [1.29, 1.82) is 0 Å². The molecule has 0 radical (unpaired) electrons. The molecule has 2 rings (SSSR count). The molecule has 3 nitrogen and oxygen atoms in total. The second kappa shape index (κ2) is 6.55. The molecule has 0 atom stereocenters. The van der Waals surface area contributed by atoms with Gasteiger partial charge in [0.1, 0.15) is 0 Å². The highest BCUT2D eigenvalue weighted by Crippen LogP contribution is 2.27. The summed E-state index contributed by atoms with van der Waals surface area (Å²) in [6.45, 7) is 6.21. The zero-order valence-corrected chi connectivity index (χ0v) is 12.0. The molecule has 104 valence electrons. The van der Waals surface area contributed by atoms with E-state index in [4.69, 9.17) is 0 Å². The average molecular weight is 252 g/mol. The van der Waals surface area contributed by atoms with Gasteiger partial charge in [0.05, 0.1) is 6.54 Å². The molecule has 18 heavy (non-hydrogen) atoms. The summed E-state index contributed by atoms with van der Waals surface area (Å²) in [6, 6.07) is 1.15. The third kappa shape index (κ3) is 4.60. The first kappa shape index (κ1) is 13.9. The molecule has 0 spiro atoms. The van der Waals surface area contributed by atoms with Crippen LogP contribution in [0.3, 0.4) is 0 Å². The monoisotopic (exact) mass is 252 g/mol. The third-order valence-corrected chi connectivity index (χ3v) is 4.12. The summed E-state index contributed by atoms with van der Waals surface area (Å²) in [5, 5.41) is 3.20. The second-order valence-electron chi connectivity index (χ2n) is 6.43. The maximum atomic E-state index is 12.0. The van der Waals surface area contributed by atoms with Crippen LogP contribution in [0.2, 0.25) is 0 Å². The number of amides is 1. The molecule has 0 bridgehead atoms. The third-order valence-electron chi connectivity index (χ3n) is 4.12. The summed E-state index contributed by atoms with van der Waals surface area (Å²) >= 11 is 0. The second-order valence-corrected chi connectivity index (χ2v) is 6.43. The molecule has 0 aromatic rings. The highest BCUT2D eigenvalue weighted by atomic mass is 16.2. The number of carbonyl (C=O) groups is 1. The fourth-order valence-corrected chi connectivity index (χ4v) is 2.78. The minimum atomic E-state index is 0.248. The van der Waals surface area contributed by atoms with E-state index < -0.39 is 0 Å². The van der Waals surface area contributed by atoms with Gasteiger partial charge in [-0.25, -0.2) is 0 Å². The average Bonchev–Trinajstić information content (AvgIpc) is 3.03. The van der Waals surface area contributed by atoms with E-state index in [-0.39, 0.29) is 5.91 Å². The zero-order valence-electron chi connectivity index (χ0n) is 12.0. The van der Waals surface area contributed by atoms with Crippen molar-refractivity contribution in [2.75, 3.05) is 13.1 Å². The van der Waals surface area contributed by atoms with Crippen LogP contribution in [0.4, 0.5) is 0 Å². The van der Waals surface area contributed by atoms with Gasteiger partial charge in [-0.15, -0.1) is 0 Å². The summed E-state index contributed by atoms with van der Waals surface area (Å²) in [5.41, 5.74) is 0. The van der Waals surface area contributed by atoms with E-state index in [9.17, 15) is 4.79 Å². The Balaban J connectivity index is 1.71. The lowest BCUT2D eigenvalue weighted by molar-refractivity contribution is -0.123. The summed E-state index contributed by atoms with van der Waals surface area (Å²) in [4.78, 5) is 14.4. The number of rotatable bonds is 7. The van der Waals surface area contributed by atoms with Crippen molar-refractivity contribution in [2.45, 2.75) is 70.9 Å². The molecule has 0 aromatic heterocycles. The van der Waals surface area contributed by atoms with Gasteiger partial charge in [-0.1, -0.05) is 26.7 Å². The van der Waals surface area contributed by atoms with Gasteiger partial charge in [0.2, 0.25) is 5.91 Å². The first-order chi connectivity index (χ1) is 8.65. The van der Waals surface area contributed by atoms with Gasteiger partial charge in [0, 0.05) is 12.1 Å². The van der Waals surface area contributed by atoms with Crippen LogP contribution in [0.25, 0.3) is 0 Å². The van der Waals surface area contributed by atoms with Gasteiger partial charge in [0.15, 0.2) is 0 Å². The van der Waals surface area contributed by atoms with Gasteiger partial charge in [-0.05, 0) is 44.6 Å². The molecule has 0 aromatic carbocycles. The van der Waals surface area contributed by atoms with Crippen LogP contribution in [0.15, 0.2) is 0 Å². The number of nitrogens with one attached hydrogen (secondary N) is 1. The highest BCUT2D eigenvalue weighted by Gasteiger charge is 2.30. The van der Waals surface area contributed by atoms with Crippen LogP contribution >= 0.6 is 0 Å². The standard InChI is InChI=1S/C15H28N2O/c1-12(2)9-10-17(14-7-8-14)11-15(18)16-13-5-3-4-6-13/h12-14H,3-11H2,1-2H3,(H,16,18). The van der Waals surface area contributed by atoms with Gasteiger partial charge in [-0.3, -0.25) is 9.69 Å². The van der Waals surface area contributed by atoms with Crippen molar-refractivity contribution in [3.63, 3.8) is 0 Å². The molecule has 2 aliphatic rings. The van der Waals surface area contributed by atoms with Gasteiger partial charge < -0.3 is 5.32 Å². The number of nitrogens with zero attached hydrogens (tertiary/aromatic N) is 1. The SMILES string of the molecule is CC(C)CCN(CC(=O)NC1CCCC1)C1CC1. The van der Waals surface area contributed by atoms with E-state index in [1.807, 2.05) is 0 Å². The Bertz CT molecular complexity index is 268. The molecular weight excluding hydrogens is 224 g/mol. The summed E-state index contributed by atoms with van der Waals surface area (Å²) in [6.07, 6.45) is 8.70. The first-order valence-electron chi connectivity index (χ1n) is 7.68. The molecule has 1 amide bonds. The molecule has 2 aliphatic carbocycles. The number of hydrogen-bond acceptors (Lipinski definition) is 2. The Morgan fingerprint density at radius 2 is 1.89 bits per heavy atom.